The number of ether oxygens (including phenoxy) is 1. The topological polar surface area (TPSA) is 21.3 Å². The summed E-state index contributed by atoms with van der Waals surface area (Å²) in [6.07, 6.45) is 4.66. The SMILES string of the molecule is CCCCOCCC(CNC)Cc1cccc(C)c1. The van der Waals surface area contributed by atoms with Gasteiger partial charge in [0, 0.05) is 13.2 Å². The van der Waals surface area contributed by atoms with Gasteiger partial charge < -0.3 is 10.1 Å². The van der Waals surface area contributed by atoms with Crippen molar-refractivity contribution in [3.63, 3.8) is 0 Å². The molecule has 1 unspecified atom stereocenters. The molecule has 0 saturated carbocycles. The third-order valence-electron chi connectivity index (χ3n) is 3.41. The van der Waals surface area contributed by atoms with Crippen LogP contribution in [0.2, 0.25) is 0 Å². The van der Waals surface area contributed by atoms with Gasteiger partial charge in [-0.3, -0.25) is 0 Å². The smallest absolute Gasteiger partial charge is 0.0469 e. The van der Waals surface area contributed by atoms with Crippen molar-refractivity contribution in [2.75, 3.05) is 26.8 Å². The second-order valence-electron chi connectivity index (χ2n) is 5.37. The summed E-state index contributed by atoms with van der Waals surface area (Å²) >= 11 is 0. The van der Waals surface area contributed by atoms with Crippen molar-refractivity contribution >= 4 is 0 Å². The molecule has 0 saturated heterocycles. The second kappa shape index (κ2) is 9.99. The molecule has 0 aliphatic rings. The van der Waals surface area contributed by atoms with Gasteiger partial charge >= 0.3 is 0 Å². The van der Waals surface area contributed by atoms with Crippen molar-refractivity contribution in [2.24, 2.45) is 5.92 Å². The summed E-state index contributed by atoms with van der Waals surface area (Å²) in [6, 6.07) is 8.83. The Morgan fingerprint density at radius 2 is 2.11 bits per heavy atom. The zero-order valence-electron chi connectivity index (χ0n) is 12.7. The van der Waals surface area contributed by atoms with Gasteiger partial charge in [0.15, 0.2) is 0 Å². The van der Waals surface area contributed by atoms with Gasteiger partial charge in [0.2, 0.25) is 0 Å². The normalized spacial score (nSPS) is 12.6. The molecule has 0 aliphatic heterocycles. The van der Waals surface area contributed by atoms with Crippen molar-refractivity contribution in [1.82, 2.24) is 5.32 Å². The minimum atomic E-state index is 0.661. The van der Waals surface area contributed by atoms with Crippen molar-refractivity contribution in [1.29, 1.82) is 0 Å². The number of nitrogens with one attached hydrogen (secondary N) is 1. The first kappa shape index (κ1) is 16.2. The molecule has 0 aliphatic carbocycles. The van der Waals surface area contributed by atoms with Crippen LogP contribution in [0.1, 0.15) is 37.3 Å². The number of rotatable bonds is 10. The number of unbranched alkanes of at least 4 members (excludes halogenated alkanes) is 1. The molecule has 1 rings (SSSR count). The molecule has 0 fully saturated rings. The Morgan fingerprint density at radius 3 is 2.79 bits per heavy atom. The van der Waals surface area contributed by atoms with Crippen LogP contribution in [-0.2, 0) is 11.2 Å². The molecule has 0 heterocycles. The Hall–Kier alpha value is -0.860. The first-order valence-corrected chi connectivity index (χ1v) is 7.54. The third-order valence-corrected chi connectivity index (χ3v) is 3.41. The van der Waals surface area contributed by atoms with Crippen molar-refractivity contribution in [3.8, 4) is 0 Å². The lowest BCUT2D eigenvalue weighted by Crippen LogP contribution is -2.22. The van der Waals surface area contributed by atoms with Gasteiger partial charge in [0.1, 0.15) is 0 Å². The molecule has 0 amide bonds. The summed E-state index contributed by atoms with van der Waals surface area (Å²) in [5.41, 5.74) is 2.79. The fourth-order valence-corrected chi connectivity index (χ4v) is 2.34. The van der Waals surface area contributed by atoms with Gasteiger partial charge in [0.25, 0.3) is 0 Å². The predicted molar refractivity (Wildman–Crippen MR) is 82.6 cm³/mol. The van der Waals surface area contributed by atoms with Crippen LogP contribution in [0.25, 0.3) is 0 Å². The highest BCUT2D eigenvalue weighted by Gasteiger charge is 2.09. The van der Waals surface area contributed by atoms with E-state index in [-0.39, 0.29) is 0 Å². The molecule has 0 spiro atoms. The number of hydrogen-bond donors (Lipinski definition) is 1. The van der Waals surface area contributed by atoms with E-state index in [0.717, 1.165) is 32.6 Å². The van der Waals surface area contributed by atoms with E-state index in [1.807, 2.05) is 7.05 Å². The van der Waals surface area contributed by atoms with E-state index in [9.17, 15) is 0 Å². The average molecular weight is 263 g/mol. The van der Waals surface area contributed by atoms with Gasteiger partial charge in [0.05, 0.1) is 0 Å². The van der Waals surface area contributed by atoms with E-state index >= 15 is 0 Å². The first-order valence-electron chi connectivity index (χ1n) is 7.54. The highest BCUT2D eigenvalue weighted by molar-refractivity contribution is 5.22. The molecule has 1 N–H and O–H groups in total. The second-order valence-corrected chi connectivity index (χ2v) is 5.37. The predicted octanol–water partition coefficient (Wildman–Crippen LogP) is 3.58. The average Bonchev–Trinajstić information content (AvgIpc) is 2.38. The maximum absolute atomic E-state index is 5.68. The van der Waals surface area contributed by atoms with Crippen LogP contribution < -0.4 is 5.32 Å². The minimum Gasteiger partial charge on any atom is -0.381 e. The van der Waals surface area contributed by atoms with Crippen LogP contribution in [0.4, 0.5) is 0 Å². The van der Waals surface area contributed by atoms with E-state index in [1.54, 1.807) is 0 Å². The lowest BCUT2D eigenvalue weighted by Gasteiger charge is -2.17. The van der Waals surface area contributed by atoms with Crippen molar-refractivity contribution < 1.29 is 4.74 Å². The van der Waals surface area contributed by atoms with Gasteiger partial charge in [-0.05, 0) is 51.3 Å². The van der Waals surface area contributed by atoms with Crippen LogP contribution in [0.15, 0.2) is 24.3 Å². The van der Waals surface area contributed by atoms with Crippen LogP contribution >= 0.6 is 0 Å². The molecule has 0 radical (unpaired) electrons. The maximum Gasteiger partial charge on any atom is 0.0469 e. The molecule has 1 aromatic carbocycles. The van der Waals surface area contributed by atoms with Gasteiger partial charge in [-0.1, -0.05) is 43.2 Å². The molecule has 2 heteroatoms. The fraction of sp³-hybridized carbons (Fsp3) is 0.647. The number of hydrogen-bond acceptors (Lipinski definition) is 2. The summed E-state index contributed by atoms with van der Waals surface area (Å²) < 4.78 is 5.68. The Morgan fingerprint density at radius 1 is 1.26 bits per heavy atom. The van der Waals surface area contributed by atoms with Crippen molar-refractivity contribution in [2.45, 2.75) is 39.5 Å². The monoisotopic (exact) mass is 263 g/mol. The van der Waals surface area contributed by atoms with Crippen molar-refractivity contribution in [3.05, 3.63) is 35.4 Å². The highest BCUT2D eigenvalue weighted by Crippen LogP contribution is 2.13. The number of benzene rings is 1. The van der Waals surface area contributed by atoms with Crippen LogP contribution in [0, 0.1) is 12.8 Å². The molecular weight excluding hydrogens is 234 g/mol. The van der Waals surface area contributed by atoms with Crippen LogP contribution in [0.5, 0.6) is 0 Å². The summed E-state index contributed by atoms with van der Waals surface area (Å²) in [6.45, 7) is 7.21. The summed E-state index contributed by atoms with van der Waals surface area (Å²) in [5.74, 6) is 0.661. The standard InChI is InChI=1S/C17H29NO/c1-4-5-10-19-11-9-17(14-18-3)13-16-8-6-7-15(2)12-16/h6-8,12,17-18H,4-5,9-11,13-14H2,1-3H3. The van der Waals surface area contributed by atoms with Gasteiger partial charge in [-0.25, -0.2) is 0 Å². The van der Waals surface area contributed by atoms with E-state index in [1.165, 1.54) is 24.0 Å². The molecule has 2 nitrogen and oxygen atoms in total. The molecular formula is C17H29NO. The Labute approximate surface area is 118 Å². The maximum atomic E-state index is 5.68. The number of aryl methyl sites for hydroxylation is 1. The fourth-order valence-electron chi connectivity index (χ4n) is 2.34. The van der Waals surface area contributed by atoms with Crippen LogP contribution in [-0.4, -0.2) is 26.8 Å². The summed E-state index contributed by atoms with van der Waals surface area (Å²) in [4.78, 5) is 0. The lowest BCUT2D eigenvalue weighted by atomic mass is 9.95. The Bertz CT molecular complexity index is 338. The third kappa shape index (κ3) is 7.34. The first-order chi connectivity index (χ1) is 9.26. The molecule has 0 aromatic heterocycles. The van der Waals surface area contributed by atoms with E-state index in [2.05, 4.69) is 43.4 Å². The molecule has 19 heavy (non-hydrogen) atoms. The highest BCUT2D eigenvalue weighted by atomic mass is 16.5. The van der Waals surface area contributed by atoms with E-state index < -0.39 is 0 Å². The lowest BCUT2D eigenvalue weighted by molar-refractivity contribution is 0.117. The summed E-state index contributed by atoms with van der Waals surface area (Å²) in [7, 11) is 2.03. The van der Waals surface area contributed by atoms with Crippen LogP contribution in [0.3, 0.4) is 0 Å². The molecule has 1 atom stereocenters. The zero-order chi connectivity index (χ0) is 13.9. The molecule has 108 valence electrons. The molecule has 1 aromatic rings. The zero-order valence-corrected chi connectivity index (χ0v) is 12.7. The Balaban J connectivity index is 2.35. The quantitative estimate of drug-likeness (QED) is 0.651. The Kier molecular flexibility index (Phi) is 8.52. The van der Waals surface area contributed by atoms with Gasteiger partial charge in [-0.2, -0.15) is 0 Å². The largest absolute Gasteiger partial charge is 0.381 e. The minimum absolute atomic E-state index is 0.661. The molecule has 0 bridgehead atoms. The van der Waals surface area contributed by atoms with E-state index in [4.69, 9.17) is 4.74 Å². The summed E-state index contributed by atoms with van der Waals surface area (Å²) in [5, 5.41) is 3.30. The van der Waals surface area contributed by atoms with E-state index in [0.29, 0.717) is 5.92 Å². The van der Waals surface area contributed by atoms with Gasteiger partial charge in [-0.15, -0.1) is 0 Å².